The van der Waals surface area contributed by atoms with E-state index in [1.807, 2.05) is 0 Å². The summed E-state index contributed by atoms with van der Waals surface area (Å²) in [4.78, 5) is 12.3. The van der Waals surface area contributed by atoms with Crippen molar-refractivity contribution in [1.29, 1.82) is 0 Å². The molecule has 2 heterocycles. The third-order valence-electron chi connectivity index (χ3n) is 4.03. The molecule has 0 unspecified atom stereocenters. The van der Waals surface area contributed by atoms with Crippen molar-refractivity contribution < 1.29 is 27.1 Å². The Hall–Kier alpha value is -2.14. The standard InChI is InChI=1S/C18H19BrN2O6S/c1-25-16-5-4-14(28(23,24)21-8-10-26-11-9-21)12-15(16)20-18(22)7-3-13-2-6-17(19)27-13/h2-7,12H,8-11H2,1H3,(H,20,22)/b7-3+. The monoisotopic (exact) mass is 470 g/mol. The number of amides is 1. The molecule has 8 nitrogen and oxygen atoms in total. The molecule has 1 saturated heterocycles. The molecule has 1 aliphatic heterocycles. The summed E-state index contributed by atoms with van der Waals surface area (Å²) in [6, 6.07) is 7.76. The first kappa shape index (κ1) is 20.6. The number of methoxy groups -OCH3 is 1. The lowest BCUT2D eigenvalue weighted by atomic mass is 10.3. The van der Waals surface area contributed by atoms with Gasteiger partial charge < -0.3 is 19.2 Å². The summed E-state index contributed by atoms with van der Waals surface area (Å²) in [5, 5.41) is 2.64. The van der Waals surface area contributed by atoms with E-state index in [1.54, 1.807) is 12.1 Å². The van der Waals surface area contributed by atoms with Crippen LogP contribution in [0.4, 0.5) is 5.69 Å². The lowest BCUT2D eigenvalue weighted by molar-refractivity contribution is -0.111. The van der Waals surface area contributed by atoms with E-state index in [2.05, 4.69) is 21.2 Å². The highest BCUT2D eigenvalue weighted by Crippen LogP contribution is 2.29. The van der Waals surface area contributed by atoms with E-state index in [1.165, 1.54) is 41.8 Å². The van der Waals surface area contributed by atoms with E-state index in [4.69, 9.17) is 13.9 Å². The van der Waals surface area contributed by atoms with Gasteiger partial charge in [-0.15, -0.1) is 0 Å². The molecule has 1 aromatic carbocycles. The zero-order valence-electron chi connectivity index (χ0n) is 15.1. The number of rotatable bonds is 6. The minimum absolute atomic E-state index is 0.0736. The van der Waals surface area contributed by atoms with E-state index in [0.29, 0.717) is 29.4 Å². The summed E-state index contributed by atoms with van der Waals surface area (Å²) in [7, 11) is -2.25. The van der Waals surface area contributed by atoms with Gasteiger partial charge in [-0.25, -0.2) is 8.42 Å². The molecule has 0 saturated carbocycles. The molecule has 0 radical (unpaired) electrons. The minimum atomic E-state index is -3.69. The summed E-state index contributed by atoms with van der Waals surface area (Å²) < 4.78 is 43.3. The third-order valence-corrected chi connectivity index (χ3v) is 6.35. The zero-order chi connectivity index (χ0) is 20.1. The Labute approximate surface area is 171 Å². The number of carbonyl (C=O) groups excluding carboxylic acids is 1. The van der Waals surface area contributed by atoms with Crippen LogP contribution in [-0.4, -0.2) is 52.0 Å². The number of hydrogen-bond acceptors (Lipinski definition) is 6. The first-order valence-electron chi connectivity index (χ1n) is 8.40. The Morgan fingerprint density at radius 3 is 2.64 bits per heavy atom. The largest absolute Gasteiger partial charge is 0.495 e. The van der Waals surface area contributed by atoms with Gasteiger partial charge in [-0.2, -0.15) is 4.31 Å². The lowest BCUT2D eigenvalue weighted by Crippen LogP contribution is -2.40. The molecule has 10 heteroatoms. The maximum Gasteiger partial charge on any atom is 0.248 e. The minimum Gasteiger partial charge on any atom is -0.495 e. The summed E-state index contributed by atoms with van der Waals surface area (Å²) in [5.41, 5.74) is 0.257. The van der Waals surface area contributed by atoms with E-state index in [-0.39, 0.29) is 23.7 Å². The highest BCUT2D eigenvalue weighted by atomic mass is 79.9. The number of morpholine rings is 1. The predicted octanol–water partition coefficient (Wildman–Crippen LogP) is 2.72. The molecule has 3 rings (SSSR count). The Morgan fingerprint density at radius 1 is 1.25 bits per heavy atom. The van der Waals surface area contributed by atoms with Crippen molar-refractivity contribution in [2.24, 2.45) is 0 Å². The van der Waals surface area contributed by atoms with Crippen LogP contribution in [0.15, 0.2) is 50.4 Å². The van der Waals surface area contributed by atoms with Gasteiger partial charge in [-0.3, -0.25) is 4.79 Å². The maximum absolute atomic E-state index is 12.8. The number of halogens is 1. The van der Waals surface area contributed by atoms with Crippen molar-refractivity contribution in [3.05, 3.63) is 46.8 Å². The van der Waals surface area contributed by atoms with Gasteiger partial charge >= 0.3 is 0 Å². The number of furan rings is 1. The number of nitrogens with one attached hydrogen (secondary N) is 1. The fourth-order valence-corrected chi connectivity index (χ4v) is 4.39. The fraction of sp³-hybridized carbons (Fsp3) is 0.278. The van der Waals surface area contributed by atoms with E-state index < -0.39 is 15.9 Å². The normalized spacial score (nSPS) is 15.6. The van der Waals surface area contributed by atoms with Crippen molar-refractivity contribution in [3.63, 3.8) is 0 Å². The first-order valence-corrected chi connectivity index (χ1v) is 10.6. The van der Waals surface area contributed by atoms with Crippen LogP contribution >= 0.6 is 15.9 Å². The second-order valence-corrected chi connectivity index (χ2v) is 8.56. The van der Waals surface area contributed by atoms with Crippen molar-refractivity contribution in [2.45, 2.75) is 4.90 Å². The van der Waals surface area contributed by atoms with Crippen LogP contribution in [0.3, 0.4) is 0 Å². The third kappa shape index (κ3) is 4.82. The van der Waals surface area contributed by atoms with Crippen molar-refractivity contribution in [3.8, 4) is 5.75 Å². The number of ether oxygens (including phenoxy) is 2. The summed E-state index contributed by atoms with van der Waals surface area (Å²) in [6.45, 7) is 1.29. The Bertz CT molecular complexity index is 980. The van der Waals surface area contributed by atoms with E-state index in [0.717, 1.165) is 0 Å². The Kier molecular flexibility index (Phi) is 6.55. The van der Waals surface area contributed by atoms with Gasteiger partial charge in [0.1, 0.15) is 11.5 Å². The van der Waals surface area contributed by atoms with Crippen molar-refractivity contribution >= 4 is 43.6 Å². The Morgan fingerprint density at radius 2 is 2.00 bits per heavy atom. The molecule has 1 aromatic heterocycles. The summed E-state index contributed by atoms with van der Waals surface area (Å²) >= 11 is 3.18. The lowest BCUT2D eigenvalue weighted by Gasteiger charge is -2.26. The first-order chi connectivity index (χ1) is 13.4. The van der Waals surface area contributed by atoms with Crippen LogP contribution in [-0.2, 0) is 19.6 Å². The van der Waals surface area contributed by atoms with E-state index >= 15 is 0 Å². The number of carbonyl (C=O) groups is 1. The van der Waals surface area contributed by atoms with Gasteiger partial charge in [0.25, 0.3) is 0 Å². The number of nitrogens with zero attached hydrogens (tertiary/aromatic N) is 1. The smallest absolute Gasteiger partial charge is 0.248 e. The molecule has 150 valence electrons. The van der Waals surface area contributed by atoms with Gasteiger partial charge in [0, 0.05) is 19.2 Å². The molecular formula is C18H19BrN2O6S. The highest BCUT2D eigenvalue weighted by molar-refractivity contribution is 9.10. The SMILES string of the molecule is COc1ccc(S(=O)(=O)N2CCOCC2)cc1NC(=O)/C=C/c1ccc(Br)o1. The molecule has 1 aliphatic rings. The molecule has 0 bridgehead atoms. The molecule has 0 atom stereocenters. The van der Waals surface area contributed by atoms with Crippen LogP contribution in [0.5, 0.6) is 5.75 Å². The van der Waals surface area contributed by atoms with Crippen molar-refractivity contribution in [1.82, 2.24) is 4.31 Å². The zero-order valence-corrected chi connectivity index (χ0v) is 17.5. The maximum atomic E-state index is 12.8. The topological polar surface area (TPSA) is 98.1 Å². The highest BCUT2D eigenvalue weighted by Gasteiger charge is 2.27. The predicted molar refractivity (Wildman–Crippen MR) is 107 cm³/mol. The number of benzene rings is 1. The van der Waals surface area contributed by atoms with Crippen LogP contribution in [0.25, 0.3) is 6.08 Å². The Balaban J connectivity index is 1.80. The van der Waals surface area contributed by atoms with Crippen molar-refractivity contribution in [2.75, 3.05) is 38.7 Å². The number of anilines is 1. The van der Waals surface area contributed by atoms with Gasteiger partial charge in [0.2, 0.25) is 15.9 Å². The van der Waals surface area contributed by atoms with Crippen LogP contribution in [0, 0.1) is 0 Å². The van der Waals surface area contributed by atoms with Gasteiger partial charge in [-0.1, -0.05) is 0 Å². The molecule has 0 aliphatic carbocycles. The van der Waals surface area contributed by atoms with E-state index in [9.17, 15) is 13.2 Å². The second kappa shape index (κ2) is 8.91. The van der Waals surface area contributed by atoms with Gasteiger partial charge in [0.05, 0.1) is 30.9 Å². The quantitative estimate of drug-likeness (QED) is 0.651. The fourth-order valence-electron chi connectivity index (χ4n) is 2.63. The number of hydrogen-bond donors (Lipinski definition) is 1. The van der Waals surface area contributed by atoms with Gasteiger partial charge in [-0.05, 0) is 52.3 Å². The summed E-state index contributed by atoms with van der Waals surface area (Å²) in [6.07, 6.45) is 2.79. The second-order valence-electron chi connectivity index (χ2n) is 5.84. The molecule has 1 N–H and O–H groups in total. The van der Waals surface area contributed by atoms with Crippen LogP contribution in [0.1, 0.15) is 5.76 Å². The number of sulfonamides is 1. The molecule has 1 fully saturated rings. The molecule has 28 heavy (non-hydrogen) atoms. The van der Waals surface area contributed by atoms with Crippen LogP contribution in [0.2, 0.25) is 0 Å². The van der Waals surface area contributed by atoms with Gasteiger partial charge in [0.15, 0.2) is 4.67 Å². The molecular weight excluding hydrogens is 452 g/mol. The molecule has 0 spiro atoms. The average molecular weight is 471 g/mol. The molecule has 1 amide bonds. The molecule has 2 aromatic rings. The van der Waals surface area contributed by atoms with Crippen LogP contribution < -0.4 is 10.1 Å². The average Bonchev–Trinajstić information content (AvgIpc) is 3.12. The summed E-state index contributed by atoms with van der Waals surface area (Å²) in [5.74, 6) is 0.396.